The zero-order chi connectivity index (χ0) is 14.3. The largest absolute Gasteiger partial charge is 0.311 e. The van der Waals surface area contributed by atoms with E-state index in [2.05, 4.69) is 33.0 Å². The second-order valence-corrected chi connectivity index (χ2v) is 7.20. The van der Waals surface area contributed by atoms with Crippen molar-refractivity contribution in [2.75, 3.05) is 6.54 Å². The molecule has 106 valence electrons. The lowest BCUT2D eigenvalue weighted by molar-refractivity contribution is 0.119. The Hall–Kier alpha value is -0.600. The number of benzene rings is 1. The molecule has 0 aromatic heterocycles. The molecule has 2 atom stereocenters. The summed E-state index contributed by atoms with van der Waals surface area (Å²) in [5.74, 6) is 0.284. The first kappa shape index (κ1) is 14.8. The molecule has 3 heteroatoms. The molecule has 19 heavy (non-hydrogen) atoms. The molecule has 1 fully saturated rings. The predicted molar refractivity (Wildman–Crippen MR) is 79.2 cm³/mol. The van der Waals surface area contributed by atoms with Crippen LogP contribution in [0.25, 0.3) is 0 Å². The van der Waals surface area contributed by atoms with Crippen molar-refractivity contribution in [1.82, 2.24) is 5.32 Å². The van der Waals surface area contributed by atoms with Crippen molar-refractivity contribution >= 4 is 11.6 Å². The third kappa shape index (κ3) is 2.80. The monoisotopic (exact) mass is 283 g/mol. The Bertz CT molecular complexity index is 446. The first-order valence-corrected chi connectivity index (χ1v) is 7.33. The summed E-state index contributed by atoms with van der Waals surface area (Å²) >= 11 is 6.27. The van der Waals surface area contributed by atoms with Gasteiger partial charge in [0.2, 0.25) is 0 Å². The first-order chi connectivity index (χ1) is 8.76. The zero-order valence-electron chi connectivity index (χ0n) is 12.2. The maximum Gasteiger partial charge on any atom is 0.128 e. The molecule has 0 bridgehead atoms. The molecule has 0 saturated heterocycles. The van der Waals surface area contributed by atoms with E-state index in [1.165, 1.54) is 6.07 Å². The molecule has 1 aromatic rings. The summed E-state index contributed by atoms with van der Waals surface area (Å²) in [6.45, 7) is 9.36. The fourth-order valence-corrected chi connectivity index (χ4v) is 3.25. The number of hydrogen-bond donors (Lipinski definition) is 1. The molecule has 1 nitrogen and oxygen atoms in total. The van der Waals surface area contributed by atoms with Crippen LogP contribution in [-0.4, -0.2) is 12.1 Å². The topological polar surface area (TPSA) is 12.0 Å². The minimum Gasteiger partial charge on any atom is -0.311 e. The SMILES string of the molecule is CC1CCC1(CNC(C)(C)C)c1c(F)cccc1Cl. The van der Waals surface area contributed by atoms with Gasteiger partial charge in [-0.15, -0.1) is 0 Å². The standard InChI is InChI=1S/C16H23ClFN/c1-11-8-9-16(11,10-19-15(2,3)4)14-12(17)6-5-7-13(14)18/h5-7,11,19H,8-10H2,1-4H3. The number of hydrogen-bond acceptors (Lipinski definition) is 1. The average molecular weight is 284 g/mol. The summed E-state index contributed by atoms with van der Waals surface area (Å²) in [4.78, 5) is 0. The third-order valence-electron chi connectivity index (χ3n) is 4.36. The zero-order valence-corrected chi connectivity index (χ0v) is 12.9. The van der Waals surface area contributed by atoms with Crippen LogP contribution in [-0.2, 0) is 5.41 Å². The van der Waals surface area contributed by atoms with E-state index in [1.54, 1.807) is 12.1 Å². The Morgan fingerprint density at radius 2 is 2.11 bits per heavy atom. The first-order valence-electron chi connectivity index (χ1n) is 6.96. The van der Waals surface area contributed by atoms with Crippen LogP contribution < -0.4 is 5.32 Å². The predicted octanol–water partition coefficient (Wildman–Crippen LogP) is 4.53. The van der Waals surface area contributed by atoms with Crippen LogP contribution in [0.1, 0.15) is 46.1 Å². The lowest BCUT2D eigenvalue weighted by Crippen LogP contribution is -2.54. The van der Waals surface area contributed by atoms with E-state index in [0.717, 1.165) is 19.4 Å². The molecule has 1 saturated carbocycles. The molecule has 1 aliphatic rings. The molecule has 1 aliphatic carbocycles. The molecule has 0 radical (unpaired) electrons. The van der Waals surface area contributed by atoms with Crippen molar-refractivity contribution in [1.29, 1.82) is 0 Å². The van der Waals surface area contributed by atoms with Gasteiger partial charge in [-0.1, -0.05) is 24.6 Å². The van der Waals surface area contributed by atoms with Crippen molar-refractivity contribution in [3.8, 4) is 0 Å². The van der Waals surface area contributed by atoms with Crippen LogP contribution in [0.2, 0.25) is 5.02 Å². The van der Waals surface area contributed by atoms with Gasteiger partial charge in [0, 0.05) is 28.1 Å². The lowest BCUT2D eigenvalue weighted by atomic mass is 9.57. The van der Waals surface area contributed by atoms with Crippen LogP contribution >= 0.6 is 11.6 Å². The van der Waals surface area contributed by atoms with Gasteiger partial charge < -0.3 is 5.32 Å². The minimum atomic E-state index is -0.172. The summed E-state index contributed by atoms with van der Waals surface area (Å²) in [5, 5.41) is 4.08. The highest BCUT2D eigenvalue weighted by atomic mass is 35.5. The molecule has 1 aromatic carbocycles. The van der Waals surface area contributed by atoms with Crippen molar-refractivity contribution in [2.45, 2.75) is 51.5 Å². The van der Waals surface area contributed by atoms with Gasteiger partial charge in [-0.05, 0) is 51.7 Å². The van der Waals surface area contributed by atoms with Gasteiger partial charge in [0.15, 0.2) is 0 Å². The number of halogens is 2. The van der Waals surface area contributed by atoms with Crippen molar-refractivity contribution in [2.24, 2.45) is 5.92 Å². The van der Waals surface area contributed by atoms with Gasteiger partial charge in [-0.3, -0.25) is 0 Å². The number of rotatable bonds is 3. The van der Waals surface area contributed by atoms with Gasteiger partial charge in [-0.25, -0.2) is 4.39 Å². The molecular formula is C16H23ClFN. The molecule has 0 spiro atoms. The van der Waals surface area contributed by atoms with Crippen molar-refractivity contribution in [3.05, 3.63) is 34.6 Å². The summed E-state index contributed by atoms with van der Waals surface area (Å²) in [7, 11) is 0. The summed E-state index contributed by atoms with van der Waals surface area (Å²) < 4.78 is 14.2. The quantitative estimate of drug-likeness (QED) is 0.859. The van der Waals surface area contributed by atoms with Crippen LogP contribution in [0.15, 0.2) is 18.2 Å². The van der Waals surface area contributed by atoms with Gasteiger partial charge in [0.1, 0.15) is 5.82 Å². The highest BCUT2D eigenvalue weighted by Crippen LogP contribution is 2.51. The Morgan fingerprint density at radius 3 is 2.53 bits per heavy atom. The summed E-state index contributed by atoms with van der Waals surface area (Å²) in [6, 6.07) is 4.99. The average Bonchev–Trinajstić information content (AvgIpc) is 2.29. The maximum atomic E-state index is 14.2. The van der Waals surface area contributed by atoms with E-state index in [9.17, 15) is 4.39 Å². The second kappa shape index (κ2) is 5.06. The smallest absolute Gasteiger partial charge is 0.128 e. The van der Waals surface area contributed by atoms with Crippen molar-refractivity contribution < 1.29 is 4.39 Å². The van der Waals surface area contributed by atoms with Gasteiger partial charge >= 0.3 is 0 Å². The summed E-state index contributed by atoms with van der Waals surface area (Å²) in [5.41, 5.74) is 0.572. The van der Waals surface area contributed by atoms with Gasteiger partial charge in [-0.2, -0.15) is 0 Å². The van der Waals surface area contributed by atoms with Crippen LogP contribution in [0, 0.1) is 11.7 Å². The highest BCUT2D eigenvalue weighted by molar-refractivity contribution is 6.31. The third-order valence-corrected chi connectivity index (χ3v) is 4.68. The molecule has 1 N–H and O–H groups in total. The molecule has 2 rings (SSSR count). The van der Waals surface area contributed by atoms with Crippen molar-refractivity contribution in [3.63, 3.8) is 0 Å². The highest BCUT2D eigenvalue weighted by Gasteiger charge is 2.48. The van der Waals surface area contributed by atoms with Crippen LogP contribution in [0.3, 0.4) is 0 Å². The Morgan fingerprint density at radius 1 is 1.42 bits per heavy atom. The fraction of sp³-hybridized carbons (Fsp3) is 0.625. The van der Waals surface area contributed by atoms with E-state index in [1.807, 2.05) is 0 Å². The molecule has 0 aliphatic heterocycles. The fourth-order valence-electron chi connectivity index (χ4n) is 2.90. The van der Waals surface area contributed by atoms with E-state index >= 15 is 0 Å². The summed E-state index contributed by atoms with van der Waals surface area (Å²) in [6.07, 6.45) is 2.13. The minimum absolute atomic E-state index is 0.0278. The Kier molecular flexibility index (Phi) is 3.95. The van der Waals surface area contributed by atoms with Crippen LogP contribution in [0.5, 0.6) is 0 Å². The molecular weight excluding hydrogens is 261 g/mol. The normalized spacial score (nSPS) is 27.2. The lowest BCUT2D eigenvalue weighted by Gasteiger charge is -2.50. The van der Waals surface area contributed by atoms with E-state index in [4.69, 9.17) is 11.6 Å². The Labute approximate surface area is 120 Å². The van der Waals surface area contributed by atoms with Gasteiger partial charge in [0.25, 0.3) is 0 Å². The molecule has 0 amide bonds. The van der Waals surface area contributed by atoms with E-state index in [0.29, 0.717) is 16.5 Å². The maximum absolute atomic E-state index is 14.2. The van der Waals surface area contributed by atoms with E-state index < -0.39 is 0 Å². The van der Waals surface area contributed by atoms with Gasteiger partial charge in [0.05, 0.1) is 0 Å². The Balaban J connectivity index is 2.35. The van der Waals surface area contributed by atoms with Crippen LogP contribution in [0.4, 0.5) is 4.39 Å². The van der Waals surface area contributed by atoms with E-state index in [-0.39, 0.29) is 16.8 Å². The second-order valence-electron chi connectivity index (χ2n) is 6.80. The molecule has 2 unspecified atom stereocenters. The molecule has 0 heterocycles. The number of nitrogens with one attached hydrogen (secondary N) is 1.